The lowest BCUT2D eigenvalue weighted by atomic mass is 9.92. The molecule has 1 heterocycles. The van der Waals surface area contributed by atoms with Crippen LogP contribution >= 0.6 is 27.7 Å². The van der Waals surface area contributed by atoms with E-state index < -0.39 is 0 Å². The Hall–Kier alpha value is 0.01000. The fourth-order valence-electron chi connectivity index (χ4n) is 2.23. The second kappa shape index (κ2) is 5.11. The molecule has 3 heteroatoms. The zero-order chi connectivity index (χ0) is 11.6. The van der Waals surface area contributed by atoms with E-state index in [0.717, 1.165) is 10.9 Å². The normalized spacial score (nSPS) is 26.9. The largest absolute Gasteiger partial charge is 0.326 e. The first-order chi connectivity index (χ1) is 7.60. The molecule has 0 radical (unpaired) electrons. The Bertz CT molecular complexity index is 361. The maximum Gasteiger partial charge on any atom is 0.0286 e. The smallest absolute Gasteiger partial charge is 0.0286 e. The number of hydrogen-bond acceptors (Lipinski definition) is 2. The average molecular weight is 300 g/mol. The number of thioether (sulfide) groups is 1. The highest BCUT2D eigenvalue weighted by molar-refractivity contribution is 9.10. The summed E-state index contributed by atoms with van der Waals surface area (Å²) in [5.41, 5.74) is 7.69. The monoisotopic (exact) mass is 299 g/mol. The summed E-state index contributed by atoms with van der Waals surface area (Å²) < 4.78 is 1.42. The van der Waals surface area contributed by atoms with Gasteiger partial charge in [-0.25, -0.2) is 0 Å². The third-order valence-electron chi connectivity index (χ3n) is 3.38. The van der Waals surface area contributed by atoms with E-state index in [0.29, 0.717) is 0 Å². The molecule has 0 amide bonds. The third-order valence-corrected chi connectivity index (χ3v) is 5.53. The van der Waals surface area contributed by atoms with Crippen LogP contribution in [0.3, 0.4) is 0 Å². The lowest BCUT2D eigenvalue weighted by Crippen LogP contribution is -2.42. The van der Waals surface area contributed by atoms with Crippen molar-refractivity contribution in [3.05, 3.63) is 34.3 Å². The molecule has 2 N–H and O–H groups in total. The molecule has 0 aromatic heterocycles. The van der Waals surface area contributed by atoms with Crippen LogP contribution in [0.4, 0.5) is 0 Å². The maximum atomic E-state index is 6.36. The zero-order valence-electron chi connectivity index (χ0n) is 9.58. The van der Waals surface area contributed by atoms with Gasteiger partial charge in [-0.2, -0.15) is 11.8 Å². The molecule has 1 aromatic carbocycles. The summed E-state index contributed by atoms with van der Waals surface area (Å²) in [7, 11) is 0. The van der Waals surface area contributed by atoms with Crippen molar-refractivity contribution >= 4 is 27.7 Å². The highest BCUT2D eigenvalue weighted by Crippen LogP contribution is 2.40. The van der Waals surface area contributed by atoms with Gasteiger partial charge in [0.15, 0.2) is 0 Å². The molecule has 88 valence electrons. The van der Waals surface area contributed by atoms with Crippen molar-refractivity contribution in [2.45, 2.75) is 37.0 Å². The van der Waals surface area contributed by atoms with Gasteiger partial charge >= 0.3 is 0 Å². The van der Waals surface area contributed by atoms with Crippen LogP contribution in [-0.2, 0) is 6.42 Å². The lowest BCUT2D eigenvalue weighted by molar-refractivity contribution is 0.482. The predicted octanol–water partition coefficient (Wildman–Crippen LogP) is 3.60. The second-order valence-electron chi connectivity index (χ2n) is 4.71. The summed E-state index contributed by atoms with van der Waals surface area (Å²) in [4.78, 5) is 0. The van der Waals surface area contributed by atoms with Crippen LogP contribution in [0.25, 0.3) is 0 Å². The molecule has 2 unspecified atom stereocenters. The molecule has 1 aromatic rings. The minimum absolute atomic E-state index is 0.259. The van der Waals surface area contributed by atoms with Crippen LogP contribution in [-0.4, -0.2) is 16.5 Å². The summed E-state index contributed by atoms with van der Waals surface area (Å²) in [5, 5.41) is 0. The van der Waals surface area contributed by atoms with Crippen LogP contribution in [0.15, 0.2) is 28.7 Å². The van der Waals surface area contributed by atoms with Gasteiger partial charge in [0.2, 0.25) is 0 Å². The van der Waals surface area contributed by atoms with E-state index in [9.17, 15) is 0 Å². The number of benzene rings is 1. The molecule has 0 aliphatic carbocycles. The maximum absolute atomic E-state index is 6.36. The molecule has 2 atom stereocenters. The molecular formula is C13H18BrNS. The van der Waals surface area contributed by atoms with Gasteiger partial charge in [0.05, 0.1) is 0 Å². The fourth-order valence-corrected chi connectivity index (χ4v) is 4.01. The Kier molecular flexibility index (Phi) is 3.98. The van der Waals surface area contributed by atoms with Crippen LogP contribution in [0.2, 0.25) is 0 Å². The van der Waals surface area contributed by atoms with Crippen LogP contribution in [0, 0.1) is 0 Å². The van der Waals surface area contributed by atoms with Crippen LogP contribution < -0.4 is 5.73 Å². The zero-order valence-corrected chi connectivity index (χ0v) is 12.0. The van der Waals surface area contributed by atoms with Crippen molar-refractivity contribution in [1.82, 2.24) is 0 Å². The number of halogens is 1. The Morgan fingerprint density at radius 2 is 2.38 bits per heavy atom. The van der Waals surface area contributed by atoms with Gasteiger partial charge in [-0.1, -0.05) is 28.1 Å². The van der Waals surface area contributed by atoms with Gasteiger partial charge < -0.3 is 5.73 Å². The molecule has 1 aliphatic rings. The quantitative estimate of drug-likeness (QED) is 0.923. The minimum Gasteiger partial charge on any atom is -0.326 e. The van der Waals surface area contributed by atoms with Crippen molar-refractivity contribution in [3.63, 3.8) is 0 Å². The van der Waals surface area contributed by atoms with Gasteiger partial charge in [0, 0.05) is 15.3 Å². The van der Waals surface area contributed by atoms with E-state index >= 15 is 0 Å². The molecule has 0 saturated carbocycles. The first kappa shape index (κ1) is 12.5. The molecular weight excluding hydrogens is 282 g/mol. The van der Waals surface area contributed by atoms with Gasteiger partial charge in [-0.05, 0) is 49.6 Å². The summed E-state index contributed by atoms with van der Waals surface area (Å²) in [6.07, 6.45) is 3.54. The molecule has 16 heavy (non-hydrogen) atoms. The van der Waals surface area contributed by atoms with Crippen molar-refractivity contribution in [1.29, 1.82) is 0 Å². The number of rotatable bonds is 3. The highest BCUT2D eigenvalue weighted by atomic mass is 79.9. The van der Waals surface area contributed by atoms with E-state index in [-0.39, 0.29) is 10.8 Å². The predicted molar refractivity (Wildman–Crippen MR) is 75.9 cm³/mol. The standard InChI is InChI=1S/C13H18BrNS/c1-13(6-3-7-16-13)12(15)9-10-4-2-5-11(14)8-10/h2,4-5,8,12H,3,6-7,9,15H2,1H3. The summed E-state index contributed by atoms with van der Waals surface area (Å²) in [5.74, 6) is 1.27. The molecule has 0 bridgehead atoms. The van der Waals surface area contributed by atoms with E-state index in [4.69, 9.17) is 5.73 Å². The molecule has 1 saturated heterocycles. The first-order valence-electron chi connectivity index (χ1n) is 5.74. The number of hydrogen-bond donors (Lipinski definition) is 1. The lowest BCUT2D eigenvalue weighted by Gasteiger charge is -2.30. The first-order valence-corrected chi connectivity index (χ1v) is 7.52. The van der Waals surface area contributed by atoms with Gasteiger partial charge in [-0.15, -0.1) is 0 Å². The molecule has 0 spiro atoms. The third kappa shape index (κ3) is 2.82. The number of nitrogens with two attached hydrogens (primary N) is 1. The summed E-state index contributed by atoms with van der Waals surface area (Å²) in [6.45, 7) is 2.31. The van der Waals surface area contributed by atoms with Crippen molar-refractivity contribution in [3.8, 4) is 0 Å². The topological polar surface area (TPSA) is 26.0 Å². The fraction of sp³-hybridized carbons (Fsp3) is 0.538. The Morgan fingerprint density at radius 1 is 1.56 bits per heavy atom. The Balaban J connectivity index is 2.04. The minimum atomic E-state index is 0.259. The van der Waals surface area contributed by atoms with Gasteiger partial charge in [0.25, 0.3) is 0 Å². The van der Waals surface area contributed by atoms with E-state index in [2.05, 4.69) is 47.1 Å². The van der Waals surface area contributed by atoms with Crippen LogP contribution in [0.5, 0.6) is 0 Å². The van der Waals surface area contributed by atoms with Crippen LogP contribution in [0.1, 0.15) is 25.3 Å². The molecule has 2 rings (SSSR count). The van der Waals surface area contributed by atoms with Gasteiger partial charge in [-0.3, -0.25) is 0 Å². The molecule has 1 aliphatic heterocycles. The second-order valence-corrected chi connectivity index (χ2v) is 7.25. The van der Waals surface area contributed by atoms with E-state index in [1.807, 2.05) is 11.8 Å². The van der Waals surface area contributed by atoms with E-state index in [1.165, 1.54) is 24.2 Å². The highest BCUT2D eigenvalue weighted by Gasteiger charge is 2.35. The van der Waals surface area contributed by atoms with Gasteiger partial charge in [0.1, 0.15) is 0 Å². The van der Waals surface area contributed by atoms with E-state index in [1.54, 1.807) is 0 Å². The van der Waals surface area contributed by atoms with Crippen molar-refractivity contribution in [2.75, 3.05) is 5.75 Å². The van der Waals surface area contributed by atoms with Crippen molar-refractivity contribution in [2.24, 2.45) is 5.73 Å². The van der Waals surface area contributed by atoms with Crippen molar-refractivity contribution < 1.29 is 0 Å². The average Bonchev–Trinajstić information content (AvgIpc) is 2.66. The summed E-state index contributed by atoms with van der Waals surface area (Å²) >= 11 is 5.54. The molecule has 1 fully saturated rings. The Morgan fingerprint density at radius 3 is 3.00 bits per heavy atom. The Labute approximate surface area is 110 Å². The molecule has 1 nitrogen and oxygen atoms in total. The summed E-state index contributed by atoms with van der Waals surface area (Å²) in [6, 6.07) is 8.72. The SMILES string of the molecule is CC1(C(N)Cc2cccc(Br)c2)CCCS1.